The summed E-state index contributed by atoms with van der Waals surface area (Å²) in [5, 5.41) is 5.04. The van der Waals surface area contributed by atoms with E-state index < -0.39 is 0 Å². The molecule has 5 fully saturated rings. The molecule has 5 heteroatoms. The normalized spacial score (nSPS) is 42.2. The van der Waals surface area contributed by atoms with Crippen LogP contribution in [0.15, 0.2) is 0 Å². The van der Waals surface area contributed by atoms with Gasteiger partial charge in [0.1, 0.15) is 0 Å². The molecule has 5 aliphatic rings. The van der Waals surface area contributed by atoms with Gasteiger partial charge in [-0.15, -0.1) is 0 Å². The summed E-state index contributed by atoms with van der Waals surface area (Å²) in [7, 11) is 0. The first-order valence-corrected chi connectivity index (χ1v) is 8.50. The number of amides is 3. The van der Waals surface area contributed by atoms with Gasteiger partial charge in [-0.1, -0.05) is 0 Å². The molecule has 3 N–H and O–H groups in total. The lowest BCUT2D eigenvalue weighted by molar-refractivity contribution is -0.754. The molecule has 116 valence electrons. The van der Waals surface area contributed by atoms with E-state index >= 15 is 0 Å². The molecular formula is C16H26N3O2+. The quantitative estimate of drug-likeness (QED) is 0.793. The van der Waals surface area contributed by atoms with Crippen LogP contribution in [0, 0.1) is 17.8 Å². The zero-order chi connectivity index (χ0) is 14.6. The molecule has 1 heterocycles. The molecule has 0 spiro atoms. The van der Waals surface area contributed by atoms with Crippen molar-refractivity contribution in [1.29, 1.82) is 0 Å². The molecule has 0 aromatic carbocycles. The zero-order valence-electron chi connectivity index (χ0n) is 12.8. The monoisotopic (exact) mass is 292 g/mol. The van der Waals surface area contributed by atoms with E-state index in [9.17, 15) is 9.59 Å². The summed E-state index contributed by atoms with van der Waals surface area (Å²) in [5.74, 6) is 2.67. The Kier molecular flexibility index (Phi) is 3.03. The van der Waals surface area contributed by atoms with Crippen LogP contribution in [0.5, 0.6) is 0 Å². The average Bonchev–Trinajstić information content (AvgIpc) is 2.81. The number of carbonyl (C=O) groups excluding carboxylic acids is 2. The van der Waals surface area contributed by atoms with E-state index in [2.05, 4.69) is 10.6 Å². The van der Waals surface area contributed by atoms with Gasteiger partial charge in [0, 0.05) is 32.4 Å². The van der Waals surface area contributed by atoms with Crippen LogP contribution in [0.1, 0.15) is 45.4 Å². The maximum atomic E-state index is 12.5. The zero-order valence-corrected chi connectivity index (χ0v) is 12.8. The molecule has 4 bridgehead atoms. The van der Waals surface area contributed by atoms with Crippen molar-refractivity contribution in [1.82, 2.24) is 10.2 Å². The van der Waals surface area contributed by atoms with Crippen LogP contribution in [-0.4, -0.2) is 41.5 Å². The third-order valence-electron chi connectivity index (χ3n) is 6.20. The maximum absolute atomic E-state index is 12.5. The van der Waals surface area contributed by atoms with E-state index in [0.29, 0.717) is 18.6 Å². The molecule has 1 atom stereocenters. The van der Waals surface area contributed by atoms with Gasteiger partial charge >= 0.3 is 6.03 Å². The van der Waals surface area contributed by atoms with Crippen molar-refractivity contribution in [2.45, 2.75) is 57.0 Å². The van der Waals surface area contributed by atoms with Crippen LogP contribution in [-0.2, 0) is 4.79 Å². The number of hydrogen-bond donors (Lipinski definition) is 2. The first-order valence-electron chi connectivity index (χ1n) is 8.50. The fraction of sp³-hybridized carbons (Fsp3) is 0.875. The highest BCUT2D eigenvalue weighted by Gasteiger charge is 2.54. The van der Waals surface area contributed by atoms with Crippen LogP contribution < -0.4 is 10.6 Å². The molecule has 3 amide bonds. The van der Waals surface area contributed by atoms with Crippen molar-refractivity contribution in [3.63, 3.8) is 0 Å². The fourth-order valence-electron chi connectivity index (χ4n) is 5.91. The summed E-state index contributed by atoms with van der Waals surface area (Å²) in [6.07, 6.45) is 8.10. The first-order chi connectivity index (χ1) is 10.0. The smallest absolute Gasteiger partial charge is 0.324 e. The van der Waals surface area contributed by atoms with Crippen molar-refractivity contribution in [3.8, 4) is 0 Å². The first kappa shape index (κ1) is 13.6. The standard InChI is InChI=1S/C16H25N3O2/c1-10(14(20)19-3-2-17-15(19)21)18-16-7-11-4-12(8-16)6-13(5-11)9-16/h10-13,18H,2-9H2,1H3,(H,17,21)/p+1/t10-,11?,12?,13?,16?/m1/s1. The Balaban J connectivity index is 1.45. The van der Waals surface area contributed by atoms with Crippen LogP contribution >= 0.6 is 0 Å². The van der Waals surface area contributed by atoms with Crippen LogP contribution in [0.2, 0.25) is 0 Å². The third kappa shape index (κ3) is 2.26. The topological polar surface area (TPSA) is 66.0 Å². The highest BCUT2D eigenvalue weighted by atomic mass is 16.2. The summed E-state index contributed by atoms with van der Waals surface area (Å²) in [6.45, 7) is 3.10. The number of imide groups is 1. The number of nitrogens with zero attached hydrogens (tertiary/aromatic N) is 1. The van der Waals surface area contributed by atoms with Gasteiger partial charge in [-0.3, -0.25) is 9.69 Å². The second-order valence-electron chi connectivity index (χ2n) is 7.96. The molecule has 1 saturated heterocycles. The van der Waals surface area contributed by atoms with E-state index in [1.807, 2.05) is 6.92 Å². The molecular weight excluding hydrogens is 266 g/mol. The van der Waals surface area contributed by atoms with Crippen molar-refractivity contribution >= 4 is 11.9 Å². The fourth-order valence-corrected chi connectivity index (χ4v) is 5.91. The predicted molar refractivity (Wildman–Crippen MR) is 77.4 cm³/mol. The van der Waals surface area contributed by atoms with Gasteiger partial charge in [-0.05, 0) is 43.9 Å². The van der Waals surface area contributed by atoms with E-state index in [0.717, 1.165) is 17.8 Å². The summed E-state index contributed by atoms with van der Waals surface area (Å²) >= 11 is 0. The van der Waals surface area contributed by atoms with E-state index in [-0.39, 0.29) is 18.0 Å². The number of rotatable bonds is 3. The molecule has 5 rings (SSSR count). The number of urea groups is 1. The van der Waals surface area contributed by atoms with Crippen LogP contribution in [0.3, 0.4) is 0 Å². The van der Waals surface area contributed by atoms with Crippen molar-refractivity contribution in [2.24, 2.45) is 17.8 Å². The number of hydrogen-bond acceptors (Lipinski definition) is 2. The Morgan fingerprint density at radius 1 is 1.24 bits per heavy atom. The molecule has 0 radical (unpaired) electrons. The Morgan fingerprint density at radius 2 is 1.81 bits per heavy atom. The Labute approximate surface area is 125 Å². The summed E-state index contributed by atoms with van der Waals surface area (Å²) in [5.41, 5.74) is 0.292. The second kappa shape index (κ2) is 4.70. The minimum Gasteiger partial charge on any atom is -0.336 e. The lowest BCUT2D eigenvalue weighted by atomic mass is 9.53. The maximum Gasteiger partial charge on any atom is 0.324 e. The van der Waals surface area contributed by atoms with Gasteiger partial charge in [-0.25, -0.2) is 4.79 Å². The summed E-state index contributed by atoms with van der Waals surface area (Å²) in [4.78, 5) is 25.6. The van der Waals surface area contributed by atoms with Gasteiger partial charge < -0.3 is 10.6 Å². The van der Waals surface area contributed by atoms with Gasteiger partial charge in [0.15, 0.2) is 6.04 Å². The molecule has 21 heavy (non-hydrogen) atoms. The van der Waals surface area contributed by atoms with E-state index in [1.165, 1.54) is 43.4 Å². The van der Waals surface area contributed by atoms with Crippen molar-refractivity contribution < 1.29 is 14.9 Å². The average molecular weight is 292 g/mol. The lowest BCUT2D eigenvalue weighted by Gasteiger charge is -2.55. The SMILES string of the molecule is C[C@@H]([NH2+]C12CC3CC(CC(C3)C1)C2)C(=O)N1CCNC1=O. The molecule has 0 aromatic heterocycles. The van der Waals surface area contributed by atoms with Crippen LogP contribution in [0.4, 0.5) is 4.79 Å². The highest BCUT2D eigenvalue weighted by Crippen LogP contribution is 2.54. The van der Waals surface area contributed by atoms with Crippen molar-refractivity contribution in [2.75, 3.05) is 13.1 Å². The van der Waals surface area contributed by atoms with E-state index in [1.54, 1.807) is 0 Å². The van der Waals surface area contributed by atoms with Crippen molar-refractivity contribution in [3.05, 3.63) is 0 Å². The largest absolute Gasteiger partial charge is 0.336 e. The lowest BCUT2D eigenvalue weighted by Crippen LogP contribution is -3.03. The Morgan fingerprint density at radius 3 is 2.29 bits per heavy atom. The van der Waals surface area contributed by atoms with Gasteiger partial charge in [-0.2, -0.15) is 0 Å². The van der Waals surface area contributed by atoms with E-state index in [4.69, 9.17) is 0 Å². The molecule has 0 unspecified atom stereocenters. The summed E-state index contributed by atoms with van der Waals surface area (Å²) < 4.78 is 0. The predicted octanol–water partition coefficient (Wildman–Crippen LogP) is 0.459. The number of carbonyl (C=O) groups is 2. The number of quaternary nitrogens is 1. The highest BCUT2D eigenvalue weighted by molar-refractivity contribution is 5.97. The Hall–Kier alpha value is -1.10. The molecule has 4 saturated carbocycles. The second-order valence-corrected chi connectivity index (χ2v) is 7.96. The molecule has 5 nitrogen and oxygen atoms in total. The van der Waals surface area contributed by atoms with Gasteiger partial charge in [0.05, 0.1) is 5.54 Å². The van der Waals surface area contributed by atoms with Crippen LogP contribution in [0.25, 0.3) is 0 Å². The third-order valence-corrected chi connectivity index (χ3v) is 6.20. The minimum atomic E-state index is -0.217. The Bertz CT molecular complexity index is 441. The molecule has 0 aromatic rings. The van der Waals surface area contributed by atoms with Gasteiger partial charge in [0.2, 0.25) is 0 Å². The number of nitrogens with one attached hydrogen (secondary N) is 1. The molecule has 4 aliphatic carbocycles. The number of nitrogens with two attached hydrogens (primary N) is 1. The summed E-state index contributed by atoms with van der Waals surface area (Å²) in [6, 6.07) is -0.351. The minimum absolute atomic E-state index is 0.0132. The van der Waals surface area contributed by atoms with Gasteiger partial charge in [0.25, 0.3) is 5.91 Å². The molecule has 1 aliphatic heterocycles.